The molecule has 0 heterocycles. The molecule has 0 amide bonds. The highest BCUT2D eigenvalue weighted by atomic mass is 16.1. The third-order valence-corrected chi connectivity index (χ3v) is 2.99. The minimum Gasteiger partial charge on any atom is -0.306 e. The van der Waals surface area contributed by atoms with E-state index in [1.165, 1.54) is 0 Å². The topological polar surface area (TPSA) is 37.4 Å². The van der Waals surface area contributed by atoms with Crippen molar-refractivity contribution in [2.45, 2.75) is 51.9 Å². The highest BCUT2D eigenvalue weighted by Crippen LogP contribution is 2.11. The van der Waals surface area contributed by atoms with Crippen molar-refractivity contribution in [3.63, 3.8) is 0 Å². The average Bonchev–Trinajstić information content (AvgIpc) is 2.32. The molecule has 3 heteroatoms. The van der Waals surface area contributed by atoms with E-state index in [0.29, 0.717) is 6.42 Å². The normalized spacial score (nSPS) is 12.6. The largest absolute Gasteiger partial charge is 0.306 e. The van der Waals surface area contributed by atoms with E-state index in [4.69, 9.17) is 0 Å². The molecule has 0 rings (SSSR count). The summed E-state index contributed by atoms with van der Waals surface area (Å²) in [4.78, 5) is 23.3. The second-order valence-corrected chi connectivity index (χ2v) is 4.82. The fourth-order valence-electron chi connectivity index (χ4n) is 2.06. The van der Waals surface area contributed by atoms with E-state index >= 15 is 0 Å². The Bertz CT molecular complexity index is 195. The van der Waals surface area contributed by atoms with E-state index in [-0.39, 0.29) is 5.92 Å². The first-order valence-corrected chi connectivity index (χ1v) is 6.82. The minimum absolute atomic E-state index is 0.178. The summed E-state index contributed by atoms with van der Waals surface area (Å²) in [7, 11) is 2.07. The molecule has 17 heavy (non-hydrogen) atoms. The van der Waals surface area contributed by atoms with Crippen molar-refractivity contribution in [2.24, 2.45) is 5.92 Å². The van der Waals surface area contributed by atoms with E-state index in [1.54, 1.807) is 0 Å². The maximum atomic E-state index is 10.9. The van der Waals surface area contributed by atoms with Gasteiger partial charge in [0.1, 0.15) is 12.6 Å². The summed E-state index contributed by atoms with van der Waals surface area (Å²) in [5.41, 5.74) is 0. The molecule has 0 aromatic heterocycles. The van der Waals surface area contributed by atoms with Gasteiger partial charge in [0, 0.05) is 18.9 Å². The van der Waals surface area contributed by atoms with Crippen molar-refractivity contribution in [2.75, 3.05) is 20.1 Å². The molecule has 1 atom stereocenters. The van der Waals surface area contributed by atoms with Crippen molar-refractivity contribution in [3.8, 4) is 0 Å². The van der Waals surface area contributed by atoms with Gasteiger partial charge in [-0.3, -0.25) is 0 Å². The van der Waals surface area contributed by atoms with Crippen LogP contribution in [0, 0.1) is 5.92 Å². The monoisotopic (exact) mass is 241 g/mol. The van der Waals surface area contributed by atoms with Gasteiger partial charge in [-0.15, -0.1) is 0 Å². The Hall–Kier alpha value is -0.700. The molecule has 0 aliphatic carbocycles. The van der Waals surface area contributed by atoms with Crippen molar-refractivity contribution in [1.82, 2.24) is 4.90 Å². The summed E-state index contributed by atoms with van der Waals surface area (Å²) in [6, 6.07) is 0. The Balaban J connectivity index is 3.53. The molecule has 100 valence electrons. The fourth-order valence-corrected chi connectivity index (χ4v) is 2.06. The van der Waals surface area contributed by atoms with Gasteiger partial charge in [-0.1, -0.05) is 26.2 Å². The van der Waals surface area contributed by atoms with Crippen LogP contribution in [0.15, 0.2) is 0 Å². The third kappa shape index (κ3) is 10.2. The summed E-state index contributed by atoms with van der Waals surface area (Å²) < 4.78 is 0. The molecule has 0 spiro atoms. The summed E-state index contributed by atoms with van der Waals surface area (Å²) >= 11 is 0. The molecule has 0 N–H and O–H groups in total. The smallest absolute Gasteiger partial charge is 0.124 e. The molecular formula is C14H27NO2. The number of hydrogen-bond acceptors (Lipinski definition) is 3. The van der Waals surface area contributed by atoms with Crippen LogP contribution in [0.5, 0.6) is 0 Å². The second-order valence-electron chi connectivity index (χ2n) is 4.82. The van der Waals surface area contributed by atoms with Crippen LogP contribution in [0.3, 0.4) is 0 Å². The van der Waals surface area contributed by atoms with Gasteiger partial charge >= 0.3 is 0 Å². The number of rotatable bonds is 12. The summed E-state index contributed by atoms with van der Waals surface area (Å²) in [5, 5.41) is 0. The Labute approximate surface area is 106 Å². The lowest BCUT2D eigenvalue weighted by Gasteiger charge is -2.19. The molecule has 0 aromatic rings. The van der Waals surface area contributed by atoms with Crippen molar-refractivity contribution in [1.29, 1.82) is 0 Å². The van der Waals surface area contributed by atoms with Crippen LogP contribution < -0.4 is 0 Å². The number of nitrogens with zero attached hydrogens (tertiary/aromatic N) is 1. The predicted octanol–water partition coefficient (Wildman–Crippen LogP) is 2.68. The first kappa shape index (κ1) is 16.3. The Morgan fingerprint density at radius 1 is 1.12 bits per heavy atom. The lowest BCUT2D eigenvalue weighted by atomic mass is 10.0. The molecule has 3 nitrogen and oxygen atoms in total. The van der Waals surface area contributed by atoms with Gasteiger partial charge < -0.3 is 14.5 Å². The quantitative estimate of drug-likeness (QED) is 0.389. The van der Waals surface area contributed by atoms with Crippen LogP contribution in [0.25, 0.3) is 0 Å². The van der Waals surface area contributed by atoms with Crippen molar-refractivity contribution < 1.29 is 9.59 Å². The van der Waals surface area contributed by atoms with Gasteiger partial charge in [-0.2, -0.15) is 0 Å². The molecule has 0 aliphatic rings. The van der Waals surface area contributed by atoms with Gasteiger partial charge in [0.25, 0.3) is 0 Å². The first-order valence-electron chi connectivity index (χ1n) is 6.82. The molecule has 0 bridgehead atoms. The highest BCUT2D eigenvalue weighted by Gasteiger charge is 2.09. The number of unbranched alkanes of at least 4 members (excludes halogenated alkanes) is 4. The SMILES string of the molecule is CCCN(C)CC(C=O)CCCCCCC=O. The number of hydrogen-bond donors (Lipinski definition) is 0. The average molecular weight is 241 g/mol. The standard InChI is InChI=1S/C14H27NO2/c1-3-10-15(2)12-14(13-17)9-7-5-4-6-8-11-16/h11,13-14H,3-10,12H2,1-2H3. The first-order chi connectivity index (χ1) is 8.24. The van der Waals surface area contributed by atoms with Crippen LogP contribution in [0.1, 0.15) is 51.9 Å². The molecule has 0 radical (unpaired) electrons. The zero-order valence-corrected chi connectivity index (χ0v) is 11.4. The van der Waals surface area contributed by atoms with E-state index < -0.39 is 0 Å². The minimum atomic E-state index is 0.178. The summed E-state index contributed by atoms with van der Waals surface area (Å²) in [6.07, 6.45) is 9.20. The van der Waals surface area contributed by atoms with Crippen molar-refractivity contribution in [3.05, 3.63) is 0 Å². The van der Waals surface area contributed by atoms with Gasteiger partial charge in [0.05, 0.1) is 0 Å². The van der Waals surface area contributed by atoms with E-state index in [9.17, 15) is 9.59 Å². The maximum Gasteiger partial charge on any atom is 0.124 e. The summed E-state index contributed by atoms with van der Waals surface area (Å²) in [5.74, 6) is 0.178. The fraction of sp³-hybridized carbons (Fsp3) is 0.857. The second kappa shape index (κ2) is 11.8. The van der Waals surface area contributed by atoms with Crippen LogP contribution >= 0.6 is 0 Å². The van der Waals surface area contributed by atoms with Crippen LogP contribution in [0.4, 0.5) is 0 Å². The van der Waals surface area contributed by atoms with Crippen LogP contribution in [-0.4, -0.2) is 37.6 Å². The molecule has 0 fully saturated rings. The predicted molar refractivity (Wildman–Crippen MR) is 71.1 cm³/mol. The van der Waals surface area contributed by atoms with Gasteiger partial charge in [-0.25, -0.2) is 0 Å². The summed E-state index contributed by atoms with van der Waals surface area (Å²) in [6.45, 7) is 4.09. The van der Waals surface area contributed by atoms with Crippen LogP contribution in [0.2, 0.25) is 0 Å². The number of carbonyl (C=O) groups excluding carboxylic acids is 2. The van der Waals surface area contributed by atoms with E-state index in [0.717, 1.165) is 64.2 Å². The molecule has 0 saturated heterocycles. The lowest BCUT2D eigenvalue weighted by Crippen LogP contribution is -2.27. The third-order valence-electron chi connectivity index (χ3n) is 2.99. The lowest BCUT2D eigenvalue weighted by molar-refractivity contribution is -0.111. The van der Waals surface area contributed by atoms with E-state index in [2.05, 4.69) is 18.9 Å². The van der Waals surface area contributed by atoms with Gasteiger partial charge in [0.2, 0.25) is 0 Å². The maximum absolute atomic E-state index is 10.9. The zero-order valence-electron chi connectivity index (χ0n) is 11.4. The molecule has 0 aliphatic heterocycles. The zero-order chi connectivity index (χ0) is 12.9. The number of aldehydes is 2. The molecule has 1 unspecified atom stereocenters. The Morgan fingerprint density at radius 3 is 2.41 bits per heavy atom. The van der Waals surface area contributed by atoms with Gasteiger partial charge in [-0.05, 0) is 32.9 Å². The molecular weight excluding hydrogens is 214 g/mol. The van der Waals surface area contributed by atoms with Crippen molar-refractivity contribution >= 4 is 12.6 Å². The highest BCUT2D eigenvalue weighted by molar-refractivity contribution is 5.53. The Kier molecular flexibility index (Phi) is 11.3. The number of carbonyl (C=O) groups is 2. The molecule has 0 aromatic carbocycles. The van der Waals surface area contributed by atoms with E-state index in [1.807, 2.05) is 0 Å². The van der Waals surface area contributed by atoms with Crippen LogP contribution in [-0.2, 0) is 9.59 Å². The van der Waals surface area contributed by atoms with Gasteiger partial charge in [0.15, 0.2) is 0 Å². The molecule has 0 saturated carbocycles. The Morgan fingerprint density at radius 2 is 1.82 bits per heavy atom.